The van der Waals surface area contributed by atoms with Gasteiger partial charge < -0.3 is 92.2 Å². The lowest BCUT2D eigenvalue weighted by Crippen LogP contribution is -2.76. The highest BCUT2D eigenvalue weighted by Gasteiger charge is 2.79. The summed E-state index contributed by atoms with van der Waals surface area (Å²) in [5.41, 5.74) is 3.49. The molecule has 2 aromatic heterocycles. The molecular formula is C59H92N8O14. The van der Waals surface area contributed by atoms with Gasteiger partial charge in [0.15, 0.2) is 6.29 Å². The lowest BCUT2D eigenvalue weighted by Gasteiger charge is -2.77. The predicted molar refractivity (Wildman–Crippen MR) is 293 cm³/mol. The Morgan fingerprint density at radius 1 is 0.951 bits per heavy atom. The van der Waals surface area contributed by atoms with E-state index in [0.29, 0.717) is 63.0 Å². The lowest BCUT2D eigenvalue weighted by molar-refractivity contribution is -0.350. The molecule has 22 heteroatoms. The molecule has 6 aliphatic carbocycles. The molecule has 0 spiro atoms. The van der Waals surface area contributed by atoms with Crippen molar-refractivity contribution in [1.29, 1.82) is 0 Å². The number of carboxylic acids is 1. The van der Waals surface area contributed by atoms with Gasteiger partial charge in [0, 0.05) is 54.9 Å². The highest BCUT2D eigenvalue weighted by molar-refractivity contribution is 5.82. The highest BCUT2D eigenvalue weighted by Crippen LogP contribution is 2.81. The number of nitrogens with zero attached hydrogens (tertiary/aromatic N) is 2. The fourth-order valence-corrected chi connectivity index (χ4v) is 20.6. The van der Waals surface area contributed by atoms with E-state index in [0.717, 1.165) is 37.0 Å². The molecule has 22 nitrogen and oxygen atoms in total. The first-order chi connectivity index (χ1) is 38.6. The highest BCUT2D eigenvalue weighted by atomic mass is 16.7. The van der Waals surface area contributed by atoms with Crippen LogP contribution in [0.5, 0.6) is 0 Å². The number of aliphatic hydroxyl groups is 9. The number of hydrogen-bond donors (Lipinski definition) is 16. The number of amides is 1. The van der Waals surface area contributed by atoms with Crippen LogP contribution in [0.3, 0.4) is 0 Å². The number of anilines is 1. The smallest absolute Gasteiger partial charge is 0.310 e. The molecular weight excluding hydrogens is 1040 g/mol. The minimum Gasteiger partial charge on any atom is -0.481 e. The number of hydrogen-bond acceptors (Lipinski definition) is 18. The summed E-state index contributed by atoms with van der Waals surface area (Å²) in [7, 11) is 1.68. The Morgan fingerprint density at radius 3 is 2.36 bits per heavy atom. The molecule has 25 unspecified atom stereocenters. The van der Waals surface area contributed by atoms with E-state index in [1.165, 1.54) is 6.33 Å². The molecule has 0 radical (unpaired) electrons. The van der Waals surface area contributed by atoms with Gasteiger partial charge in [0.25, 0.3) is 0 Å². The molecule has 5 saturated carbocycles. The van der Waals surface area contributed by atoms with Crippen LogP contribution in [0.4, 0.5) is 5.82 Å². The van der Waals surface area contributed by atoms with E-state index in [1.807, 2.05) is 6.92 Å². The fraction of sp³-hybridized carbons (Fsp3) is 0.831. The van der Waals surface area contributed by atoms with Crippen molar-refractivity contribution < 1.29 is 70.1 Å². The molecule has 2 aromatic rings. The van der Waals surface area contributed by atoms with Gasteiger partial charge in [-0.25, -0.2) is 9.97 Å². The zero-order valence-corrected chi connectivity index (χ0v) is 47.7. The average molecular weight is 1140 g/mol. The molecule has 0 bridgehead atoms. The van der Waals surface area contributed by atoms with E-state index in [2.05, 4.69) is 57.7 Å². The summed E-state index contributed by atoms with van der Waals surface area (Å²) in [5.74, 6) is -6.93. The number of carboxylic acid groups (broad SMARTS) is 1. The monoisotopic (exact) mass is 1140 g/mol. The number of imidazole rings is 2. The second-order valence-corrected chi connectivity index (χ2v) is 27.8. The van der Waals surface area contributed by atoms with E-state index in [-0.39, 0.29) is 49.9 Å². The van der Waals surface area contributed by atoms with Crippen molar-refractivity contribution in [2.45, 2.75) is 166 Å². The van der Waals surface area contributed by atoms with Crippen LogP contribution in [0.15, 0.2) is 30.5 Å². The molecule has 1 amide bonds. The average Bonchev–Trinajstić information content (AvgIpc) is 1.26. The van der Waals surface area contributed by atoms with E-state index < -0.39 is 154 Å². The summed E-state index contributed by atoms with van der Waals surface area (Å²) in [6.07, 6.45) is 2.24. The van der Waals surface area contributed by atoms with Gasteiger partial charge in [0.2, 0.25) is 5.91 Å². The number of carbonyl (C=O) groups is 2. The normalized spacial score (nSPS) is 46.4. The van der Waals surface area contributed by atoms with E-state index in [1.54, 1.807) is 19.6 Å². The number of aromatic amines is 2. The van der Waals surface area contributed by atoms with Gasteiger partial charge in [0.1, 0.15) is 30.4 Å². The number of ether oxygens (including phenoxy) is 2. The Balaban J connectivity index is 1.14. The minimum atomic E-state index is -1.73. The van der Waals surface area contributed by atoms with E-state index in [9.17, 15) is 60.7 Å². The fourth-order valence-electron chi connectivity index (χ4n) is 20.6. The molecule has 7 fully saturated rings. The summed E-state index contributed by atoms with van der Waals surface area (Å²) in [4.78, 5) is 44.9. The summed E-state index contributed by atoms with van der Waals surface area (Å²) in [6, 6.07) is -0.928. The molecule has 5 heterocycles. The number of H-pyrrole nitrogens is 2. The Bertz CT molecular complexity index is 2620. The Kier molecular flexibility index (Phi) is 15.8. The van der Waals surface area contributed by atoms with E-state index >= 15 is 0 Å². The van der Waals surface area contributed by atoms with Crippen LogP contribution in [0.25, 0.3) is 0 Å². The van der Waals surface area contributed by atoms with Gasteiger partial charge in [-0.05, 0) is 140 Å². The Labute approximate surface area is 473 Å². The Morgan fingerprint density at radius 2 is 1.70 bits per heavy atom. The third kappa shape index (κ3) is 8.62. The molecule has 9 aliphatic rings. The summed E-state index contributed by atoms with van der Waals surface area (Å²) < 4.78 is 12.8. The molecule has 17 N–H and O–H groups in total. The van der Waals surface area contributed by atoms with Crippen LogP contribution in [-0.2, 0) is 25.5 Å². The van der Waals surface area contributed by atoms with Crippen LogP contribution in [0.2, 0.25) is 0 Å². The first kappa shape index (κ1) is 59.1. The van der Waals surface area contributed by atoms with E-state index in [4.69, 9.17) is 20.2 Å². The number of aromatic nitrogens is 4. The number of aliphatic hydroxyl groups excluding tert-OH is 9. The van der Waals surface area contributed by atoms with Crippen molar-refractivity contribution in [3.05, 3.63) is 41.9 Å². The molecule has 452 valence electrons. The summed E-state index contributed by atoms with van der Waals surface area (Å²) in [5, 5.41) is 128. The molecule has 0 aromatic carbocycles. The quantitative estimate of drug-likeness (QED) is 0.0632. The van der Waals surface area contributed by atoms with Crippen molar-refractivity contribution in [3.8, 4) is 0 Å². The zero-order chi connectivity index (χ0) is 57.9. The van der Waals surface area contributed by atoms with Crippen molar-refractivity contribution >= 4 is 17.7 Å². The number of allylic oxidation sites excluding steroid dienone is 2. The minimum absolute atomic E-state index is 0.0667. The van der Waals surface area contributed by atoms with Crippen LogP contribution in [0.1, 0.15) is 116 Å². The van der Waals surface area contributed by atoms with Gasteiger partial charge in [-0.3, -0.25) is 9.59 Å². The summed E-state index contributed by atoms with van der Waals surface area (Å²) >= 11 is 0. The standard InChI is InChI=1S/C59H92N8O14/c1-54(24-69)14-15-58(53(78)79)35(18-54)32-10-11-41-56(3,57(32,4)33-17-37-50(66-27-65-37)63-20-36(33)58)13-12-40-55(2,25-70)48(81-52-47(75)46(74)39(71)23-80-52)45(73)34(59(40,41)28-8-6-7-9-28)16-29-31(22-68)51(77)67-43(29)42(38-21-62-26-64-38)44(72)30(19-61-5)49(60)76/h10,21,26-31,33-36,39-49,52,61,63,68-76H,6-9,11-20,22-25,60H2,1-5H3,(H,62,64)(H,65,66)(H,67,77)(H,78,79). The molecule has 81 heavy (non-hydrogen) atoms. The third-order valence-corrected chi connectivity index (χ3v) is 24.7. The lowest BCUT2D eigenvalue weighted by atomic mass is 9.27. The maximum atomic E-state index is 14.7. The largest absolute Gasteiger partial charge is 0.481 e. The second kappa shape index (κ2) is 21.7. The van der Waals surface area contributed by atoms with Crippen molar-refractivity contribution in [1.82, 2.24) is 30.6 Å². The van der Waals surface area contributed by atoms with Gasteiger partial charge >= 0.3 is 5.97 Å². The maximum absolute atomic E-state index is 14.7. The number of nitrogens with two attached hydrogens (primary N) is 1. The topological polar surface area (TPSA) is 374 Å². The number of rotatable bonds is 16. The van der Waals surface area contributed by atoms with Crippen molar-refractivity contribution in [2.75, 3.05) is 51.9 Å². The van der Waals surface area contributed by atoms with Gasteiger partial charge in [-0.1, -0.05) is 52.2 Å². The maximum Gasteiger partial charge on any atom is 0.310 e. The second-order valence-electron chi connectivity index (χ2n) is 27.8. The molecule has 3 aliphatic heterocycles. The number of fused-ring (bicyclic) bond motifs is 11. The number of carbonyl (C=O) groups excluding carboxylic acids is 1. The number of nitrogens with one attached hydrogen (secondary N) is 5. The van der Waals surface area contributed by atoms with Crippen LogP contribution < -0.4 is 21.7 Å². The van der Waals surface area contributed by atoms with Gasteiger partial charge in [0.05, 0.1) is 67.8 Å². The summed E-state index contributed by atoms with van der Waals surface area (Å²) in [6.45, 7) is 7.78. The third-order valence-electron chi connectivity index (χ3n) is 24.7. The van der Waals surface area contributed by atoms with Crippen LogP contribution in [0, 0.1) is 91.7 Å². The predicted octanol–water partition coefficient (Wildman–Crippen LogP) is 0.946. The zero-order valence-electron chi connectivity index (χ0n) is 47.7. The molecule has 25 atom stereocenters. The van der Waals surface area contributed by atoms with Crippen LogP contribution >= 0.6 is 0 Å². The first-order valence-electron chi connectivity index (χ1n) is 30.1. The molecule has 2 saturated heterocycles. The SMILES string of the molecule is CNCC(C(N)O)C(O)C(c1cnc[nH]1)C1NC(=O)C(CO)C1CC1C(O)C(OC2OCC(O)C(O)C2O)C(C)(CO)C2CCC3(C)C(CC=C4C5CC(C)(CO)CCC5(C(=O)O)C5CNc6nc[nH]c6CC5C43C)C12C1CCCC1. The number of aliphatic carboxylic acids is 1. The molecule has 11 rings (SSSR count). The van der Waals surface area contributed by atoms with Gasteiger partial charge in [-0.15, -0.1) is 0 Å². The first-order valence-corrected chi connectivity index (χ1v) is 30.1. The van der Waals surface area contributed by atoms with Crippen molar-refractivity contribution in [3.63, 3.8) is 0 Å². The Hall–Kier alpha value is -3.62. The van der Waals surface area contributed by atoms with Crippen LogP contribution in [-0.4, -0.2) is 185 Å². The van der Waals surface area contributed by atoms with Gasteiger partial charge in [-0.2, -0.15) is 0 Å². The van der Waals surface area contributed by atoms with Crippen molar-refractivity contribution in [2.24, 2.45) is 97.4 Å².